The summed E-state index contributed by atoms with van der Waals surface area (Å²) < 4.78 is 1.73. The van der Waals surface area contributed by atoms with Gasteiger partial charge in [-0.3, -0.25) is 14.0 Å². The molecule has 182 valence electrons. The van der Waals surface area contributed by atoms with Crippen LogP contribution in [0.2, 0.25) is 0 Å². The molecule has 1 aliphatic heterocycles. The van der Waals surface area contributed by atoms with Gasteiger partial charge in [-0.2, -0.15) is 0 Å². The molecule has 0 spiro atoms. The summed E-state index contributed by atoms with van der Waals surface area (Å²) in [6.45, 7) is 9.23. The van der Waals surface area contributed by atoms with Crippen LogP contribution in [0.5, 0.6) is 0 Å². The Morgan fingerprint density at radius 1 is 1.27 bits per heavy atom. The molecule has 7 heteroatoms. The van der Waals surface area contributed by atoms with Gasteiger partial charge >= 0.3 is 0 Å². The molecule has 0 aliphatic carbocycles. The molecule has 0 bridgehead atoms. The highest BCUT2D eigenvalue weighted by atomic mass is 16.2. The monoisotopic (exact) mass is 455 g/mol. The number of nitrogens with zero attached hydrogens (tertiary/aromatic N) is 3. The predicted octanol–water partition coefficient (Wildman–Crippen LogP) is 3.79. The Bertz CT molecular complexity index is 873. The van der Waals surface area contributed by atoms with Crippen LogP contribution < -0.4 is 11.1 Å². The molecule has 2 aromatic rings. The van der Waals surface area contributed by atoms with E-state index in [9.17, 15) is 9.59 Å². The molecule has 3 heterocycles. The molecule has 1 aliphatic rings. The number of imidazole rings is 1. The fourth-order valence-electron chi connectivity index (χ4n) is 4.19. The lowest BCUT2D eigenvalue weighted by Crippen LogP contribution is -2.31. The van der Waals surface area contributed by atoms with Crippen molar-refractivity contribution < 1.29 is 9.59 Å². The zero-order valence-electron chi connectivity index (χ0n) is 20.3. The molecule has 3 N–H and O–H groups in total. The lowest BCUT2D eigenvalue weighted by atomic mass is 9.97. The second-order valence-electron chi connectivity index (χ2n) is 8.78. The van der Waals surface area contributed by atoms with Crippen LogP contribution in [0.4, 0.5) is 0 Å². The van der Waals surface area contributed by atoms with Gasteiger partial charge in [0.05, 0.1) is 17.3 Å². The van der Waals surface area contributed by atoms with Crippen molar-refractivity contribution in [1.29, 1.82) is 0 Å². The number of nitrogens with two attached hydrogens (primary N) is 1. The number of fused-ring (bicyclic) bond motifs is 1. The number of rotatable bonds is 12. The fourth-order valence-corrected chi connectivity index (χ4v) is 4.19. The van der Waals surface area contributed by atoms with Crippen molar-refractivity contribution in [2.75, 3.05) is 33.2 Å². The van der Waals surface area contributed by atoms with Crippen molar-refractivity contribution >= 4 is 17.8 Å². The van der Waals surface area contributed by atoms with Crippen molar-refractivity contribution in [3.63, 3.8) is 0 Å². The quantitative estimate of drug-likeness (QED) is 0.289. The van der Waals surface area contributed by atoms with Gasteiger partial charge in [-0.05, 0) is 90.1 Å². The van der Waals surface area contributed by atoms with E-state index in [0.29, 0.717) is 17.3 Å². The number of amides is 1. The SMILES string of the molecule is C=CCCCC(CN)CCCNC.CC(C(=O)N1CCCC1)c1cn2c(C=O)cccc2n1. The van der Waals surface area contributed by atoms with Crippen molar-refractivity contribution in [2.45, 2.75) is 57.8 Å². The summed E-state index contributed by atoms with van der Waals surface area (Å²) in [7, 11) is 2.00. The van der Waals surface area contributed by atoms with Gasteiger partial charge in [0.15, 0.2) is 6.29 Å². The summed E-state index contributed by atoms with van der Waals surface area (Å²) in [5.41, 5.74) is 7.65. The number of pyridine rings is 1. The highest BCUT2D eigenvalue weighted by Crippen LogP contribution is 2.21. The van der Waals surface area contributed by atoms with Crippen molar-refractivity contribution in [3.8, 4) is 0 Å². The van der Waals surface area contributed by atoms with Crippen LogP contribution in [0, 0.1) is 5.92 Å². The molecule has 7 nitrogen and oxygen atoms in total. The summed E-state index contributed by atoms with van der Waals surface area (Å²) >= 11 is 0. The zero-order valence-corrected chi connectivity index (χ0v) is 20.3. The first-order chi connectivity index (χ1) is 16.0. The van der Waals surface area contributed by atoms with Crippen LogP contribution in [-0.2, 0) is 4.79 Å². The predicted molar refractivity (Wildman–Crippen MR) is 135 cm³/mol. The second kappa shape index (κ2) is 14.6. The summed E-state index contributed by atoms with van der Waals surface area (Å²) in [5.74, 6) is 0.569. The molecular formula is C26H41N5O2. The number of hydrogen-bond acceptors (Lipinski definition) is 5. The van der Waals surface area contributed by atoms with Crippen LogP contribution >= 0.6 is 0 Å². The number of hydrogen-bond donors (Lipinski definition) is 2. The maximum absolute atomic E-state index is 12.4. The van der Waals surface area contributed by atoms with E-state index in [1.165, 1.54) is 25.7 Å². The van der Waals surface area contributed by atoms with E-state index >= 15 is 0 Å². The molecule has 0 radical (unpaired) electrons. The van der Waals surface area contributed by atoms with Crippen molar-refractivity contribution in [2.24, 2.45) is 11.7 Å². The minimum absolute atomic E-state index is 0.124. The average Bonchev–Trinajstić information content (AvgIpc) is 3.53. The Labute approximate surface area is 198 Å². The van der Waals surface area contributed by atoms with Gasteiger partial charge in [-0.25, -0.2) is 4.98 Å². The molecule has 0 aromatic carbocycles. The first-order valence-corrected chi connectivity index (χ1v) is 12.2. The minimum Gasteiger partial charge on any atom is -0.342 e. The van der Waals surface area contributed by atoms with E-state index in [0.717, 1.165) is 57.4 Å². The molecule has 3 rings (SSSR count). The first-order valence-electron chi connectivity index (χ1n) is 12.2. The highest BCUT2D eigenvalue weighted by Gasteiger charge is 2.26. The molecule has 1 fully saturated rings. The van der Waals surface area contributed by atoms with Crippen molar-refractivity contribution in [1.82, 2.24) is 19.6 Å². The topological polar surface area (TPSA) is 92.7 Å². The van der Waals surface area contributed by atoms with Gasteiger partial charge in [-0.1, -0.05) is 12.1 Å². The third-order valence-corrected chi connectivity index (χ3v) is 6.29. The summed E-state index contributed by atoms with van der Waals surface area (Å²) in [5, 5.41) is 3.16. The molecule has 33 heavy (non-hydrogen) atoms. The Hall–Kier alpha value is -2.51. The number of unbranched alkanes of at least 4 members (excludes halogenated alkanes) is 1. The van der Waals surface area contributed by atoms with Crippen molar-refractivity contribution in [3.05, 3.63) is 48.4 Å². The normalized spacial score (nSPS) is 15.1. The van der Waals surface area contributed by atoms with E-state index < -0.39 is 0 Å². The molecule has 1 amide bonds. The van der Waals surface area contributed by atoms with E-state index in [4.69, 9.17) is 5.73 Å². The Balaban J connectivity index is 0.000000260. The van der Waals surface area contributed by atoms with Crippen LogP contribution in [0.1, 0.15) is 74.0 Å². The standard InChI is InChI=1S/C15H17N3O2.C11H24N2/c1-11(15(20)17-7-2-3-8-17)13-9-18-12(10-19)5-4-6-14(18)16-13;1-3-4-5-7-11(10-12)8-6-9-13-2/h4-6,9-11H,2-3,7-8H2,1H3;3,11,13H,1,4-10,12H2,2H3. The molecule has 1 saturated heterocycles. The number of aldehydes is 1. The first kappa shape index (κ1) is 26.7. The largest absolute Gasteiger partial charge is 0.342 e. The van der Waals surface area contributed by atoms with E-state index in [1.54, 1.807) is 22.7 Å². The highest BCUT2D eigenvalue weighted by molar-refractivity contribution is 5.83. The van der Waals surface area contributed by atoms with E-state index in [2.05, 4.69) is 16.9 Å². The van der Waals surface area contributed by atoms with Gasteiger partial charge in [0, 0.05) is 19.3 Å². The number of carbonyl (C=O) groups is 2. The Morgan fingerprint density at radius 3 is 2.64 bits per heavy atom. The summed E-state index contributed by atoms with van der Waals surface area (Å²) in [4.78, 5) is 29.8. The second-order valence-corrected chi connectivity index (χ2v) is 8.78. The van der Waals surface area contributed by atoms with Crippen LogP contribution in [0.3, 0.4) is 0 Å². The number of aromatic nitrogens is 2. The number of carbonyl (C=O) groups excluding carboxylic acids is 2. The van der Waals surface area contributed by atoms with Crippen LogP contribution in [-0.4, -0.2) is 59.7 Å². The van der Waals surface area contributed by atoms with Gasteiger partial charge in [-0.15, -0.1) is 6.58 Å². The minimum atomic E-state index is -0.271. The van der Waals surface area contributed by atoms with E-state index in [1.807, 2.05) is 31.0 Å². The molecule has 2 unspecified atom stereocenters. The molecule has 2 atom stereocenters. The third-order valence-electron chi connectivity index (χ3n) is 6.29. The molecule has 2 aromatic heterocycles. The van der Waals surface area contributed by atoms with Gasteiger partial charge in [0.2, 0.25) is 5.91 Å². The lowest BCUT2D eigenvalue weighted by Gasteiger charge is -2.18. The Morgan fingerprint density at radius 2 is 2.00 bits per heavy atom. The van der Waals surface area contributed by atoms with E-state index in [-0.39, 0.29) is 11.8 Å². The van der Waals surface area contributed by atoms with Crippen LogP contribution in [0.15, 0.2) is 37.1 Å². The maximum atomic E-state index is 12.4. The average molecular weight is 456 g/mol. The molecule has 0 saturated carbocycles. The summed E-state index contributed by atoms with van der Waals surface area (Å²) in [6.07, 6.45) is 12.9. The van der Waals surface area contributed by atoms with Gasteiger partial charge in [0.1, 0.15) is 5.65 Å². The smallest absolute Gasteiger partial charge is 0.231 e. The number of allylic oxidation sites excluding steroid dienone is 1. The molecular weight excluding hydrogens is 414 g/mol. The third kappa shape index (κ3) is 8.09. The van der Waals surface area contributed by atoms with Gasteiger partial charge in [0.25, 0.3) is 0 Å². The number of likely N-dealkylation sites (tertiary alicyclic amines) is 1. The maximum Gasteiger partial charge on any atom is 0.231 e. The van der Waals surface area contributed by atoms with Crippen LogP contribution in [0.25, 0.3) is 5.65 Å². The lowest BCUT2D eigenvalue weighted by molar-refractivity contribution is -0.131. The summed E-state index contributed by atoms with van der Waals surface area (Å²) in [6, 6.07) is 5.37. The van der Waals surface area contributed by atoms with Gasteiger partial charge < -0.3 is 16.0 Å². The Kier molecular flexibility index (Phi) is 11.8. The number of nitrogens with one attached hydrogen (secondary N) is 1. The fraction of sp³-hybridized carbons (Fsp3) is 0.577. The zero-order chi connectivity index (χ0) is 24.1.